The van der Waals surface area contributed by atoms with Gasteiger partial charge in [0, 0.05) is 31.3 Å². The predicted octanol–water partition coefficient (Wildman–Crippen LogP) is 2.66. The number of carbonyl (C=O) groups excluding carboxylic acids is 2. The van der Waals surface area contributed by atoms with E-state index in [4.69, 9.17) is 9.47 Å². The number of nitrogens with one attached hydrogen (secondary N) is 2. The minimum atomic E-state index is -0.610. The Hall–Kier alpha value is -3.43. The molecule has 3 rings (SSSR count). The molecule has 9 nitrogen and oxygen atoms in total. The smallest absolute Gasteiger partial charge is 0.324 e. The fraction of sp³-hybridized carbons (Fsp3) is 0.368. The van der Waals surface area contributed by atoms with Crippen LogP contribution in [0, 0.1) is 5.82 Å². The summed E-state index contributed by atoms with van der Waals surface area (Å²) in [6, 6.07) is 3.33. The molecule has 0 saturated carbocycles. The molecule has 0 bridgehead atoms. The number of nitrogens with zero attached hydrogens (tertiary/aromatic N) is 3. The van der Waals surface area contributed by atoms with Crippen LogP contribution in [-0.2, 0) is 4.79 Å². The number of urea groups is 1. The number of hydrogen-bond acceptors (Lipinski definition) is 6. The molecule has 2 heterocycles. The molecule has 1 atom stereocenters. The van der Waals surface area contributed by atoms with Gasteiger partial charge in [-0.25, -0.2) is 19.2 Å². The summed E-state index contributed by atoms with van der Waals surface area (Å²) in [5, 5.41) is 5.02. The summed E-state index contributed by atoms with van der Waals surface area (Å²) in [5.41, 5.74) is 0.221. The highest BCUT2D eigenvalue weighted by atomic mass is 19.1. The van der Waals surface area contributed by atoms with Gasteiger partial charge < -0.3 is 19.7 Å². The van der Waals surface area contributed by atoms with Crippen LogP contribution in [0.25, 0.3) is 0 Å². The van der Waals surface area contributed by atoms with Gasteiger partial charge in [-0.05, 0) is 18.9 Å². The number of ether oxygens (including phenoxy) is 2. The average Bonchev–Trinajstić information content (AvgIpc) is 2.68. The van der Waals surface area contributed by atoms with E-state index in [1.54, 1.807) is 4.90 Å². The summed E-state index contributed by atoms with van der Waals surface area (Å²) in [6.45, 7) is 2.66. The molecule has 1 aliphatic rings. The van der Waals surface area contributed by atoms with Gasteiger partial charge in [0.25, 0.3) is 0 Å². The van der Waals surface area contributed by atoms with Crippen molar-refractivity contribution in [1.82, 2.24) is 14.9 Å². The van der Waals surface area contributed by atoms with Crippen LogP contribution in [0.3, 0.4) is 0 Å². The summed E-state index contributed by atoms with van der Waals surface area (Å²) >= 11 is 0. The zero-order valence-corrected chi connectivity index (χ0v) is 16.1. The molecule has 1 unspecified atom stereocenters. The molecule has 2 aromatic rings. The number of amides is 3. The molecular formula is C19H22FN5O4. The topological polar surface area (TPSA) is 106 Å². The lowest BCUT2D eigenvalue weighted by atomic mass is 10.1. The van der Waals surface area contributed by atoms with Gasteiger partial charge in [0.1, 0.15) is 17.7 Å². The molecule has 10 heteroatoms. The lowest BCUT2D eigenvalue weighted by Gasteiger charge is -2.32. The molecule has 154 valence electrons. The Bertz CT molecular complexity index is 877. The number of piperidine rings is 1. The highest BCUT2D eigenvalue weighted by molar-refractivity contribution is 5.99. The van der Waals surface area contributed by atoms with E-state index in [1.165, 1.54) is 44.6 Å². The third kappa shape index (κ3) is 5.77. The molecule has 0 radical (unpaired) electrons. The molecule has 3 amide bonds. The van der Waals surface area contributed by atoms with Gasteiger partial charge in [0.15, 0.2) is 5.82 Å². The van der Waals surface area contributed by atoms with Gasteiger partial charge in [-0.3, -0.25) is 10.1 Å². The number of anilines is 2. The van der Waals surface area contributed by atoms with Crippen molar-refractivity contribution in [3.63, 3.8) is 0 Å². The molecule has 1 saturated heterocycles. The summed E-state index contributed by atoms with van der Waals surface area (Å²) in [7, 11) is 1.46. The van der Waals surface area contributed by atoms with Gasteiger partial charge in [-0.2, -0.15) is 0 Å². The highest BCUT2D eigenvalue weighted by Crippen LogP contribution is 2.24. The Kier molecular flexibility index (Phi) is 6.43. The van der Waals surface area contributed by atoms with Crippen molar-refractivity contribution in [1.29, 1.82) is 0 Å². The van der Waals surface area contributed by atoms with Gasteiger partial charge in [0.2, 0.25) is 11.8 Å². The molecule has 0 spiro atoms. The van der Waals surface area contributed by atoms with E-state index in [0.717, 1.165) is 12.8 Å². The van der Waals surface area contributed by atoms with Crippen molar-refractivity contribution in [3.8, 4) is 11.6 Å². The van der Waals surface area contributed by atoms with Crippen molar-refractivity contribution in [2.45, 2.75) is 25.9 Å². The quantitative estimate of drug-likeness (QED) is 0.795. The average molecular weight is 403 g/mol. The number of rotatable bonds is 5. The monoisotopic (exact) mass is 403 g/mol. The first-order valence-corrected chi connectivity index (χ1v) is 9.10. The second-order valence-electron chi connectivity index (χ2n) is 6.55. The van der Waals surface area contributed by atoms with Crippen molar-refractivity contribution >= 4 is 23.4 Å². The normalized spacial score (nSPS) is 16.1. The van der Waals surface area contributed by atoms with Crippen molar-refractivity contribution in [3.05, 3.63) is 36.4 Å². The molecule has 1 aromatic heterocycles. The number of benzene rings is 1. The van der Waals surface area contributed by atoms with E-state index in [0.29, 0.717) is 19.0 Å². The van der Waals surface area contributed by atoms with Crippen molar-refractivity contribution in [2.24, 2.45) is 0 Å². The molecule has 1 fully saturated rings. The maximum absolute atomic E-state index is 14.0. The standard InChI is InChI=1S/C19H22FN5O4/c1-12(26)25-5-3-4-15(11-25)29-16-7-13(20)6-14(8-16)23-19(27)24-17-9-22-18(28-2)10-21-17/h6-10,15H,3-5,11H2,1-2H3,(H2,21,23,24,27). The van der Waals surface area contributed by atoms with Crippen LogP contribution in [0.1, 0.15) is 19.8 Å². The zero-order chi connectivity index (χ0) is 20.8. The van der Waals surface area contributed by atoms with E-state index in [-0.39, 0.29) is 29.3 Å². The van der Waals surface area contributed by atoms with Crippen molar-refractivity contribution in [2.75, 3.05) is 30.8 Å². The Morgan fingerprint density at radius 1 is 1.21 bits per heavy atom. The maximum Gasteiger partial charge on any atom is 0.324 e. The molecule has 29 heavy (non-hydrogen) atoms. The van der Waals surface area contributed by atoms with E-state index >= 15 is 0 Å². The van der Waals surface area contributed by atoms with Gasteiger partial charge in [-0.1, -0.05) is 0 Å². The first-order chi connectivity index (χ1) is 13.9. The van der Waals surface area contributed by atoms with Crippen LogP contribution >= 0.6 is 0 Å². The van der Waals surface area contributed by atoms with E-state index < -0.39 is 11.8 Å². The van der Waals surface area contributed by atoms with Gasteiger partial charge in [-0.15, -0.1) is 0 Å². The summed E-state index contributed by atoms with van der Waals surface area (Å²) in [4.78, 5) is 33.3. The minimum Gasteiger partial charge on any atom is -0.488 e. The van der Waals surface area contributed by atoms with E-state index in [1.807, 2.05) is 0 Å². The Morgan fingerprint density at radius 3 is 2.72 bits per heavy atom. The Morgan fingerprint density at radius 2 is 2.03 bits per heavy atom. The summed E-state index contributed by atoms with van der Waals surface area (Å²) in [6.07, 6.45) is 4.04. The number of aromatic nitrogens is 2. The summed E-state index contributed by atoms with van der Waals surface area (Å²) in [5.74, 6) is 0.232. The predicted molar refractivity (Wildman–Crippen MR) is 104 cm³/mol. The van der Waals surface area contributed by atoms with Crippen LogP contribution in [-0.4, -0.2) is 53.1 Å². The highest BCUT2D eigenvalue weighted by Gasteiger charge is 2.23. The Labute approximate surface area is 167 Å². The number of hydrogen-bond donors (Lipinski definition) is 2. The zero-order valence-electron chi connectivity index (χ0n) is 16.1. The third-order valence-electron chi connectivity index (χ3n) is 4.33. The first-order valence-electron chi connectivity index (χ1n) is 9.10. The first kappa shape index (κ1) is 20.3. The lowest BCUT2D eigenvalue weighted by molar-refractivity contribution is -0.131. The van der Waals surface area contributed by atoms with Crippen LogP contribution in [0.5, 0.6) is 11.6 Å². The molecule has 1 aliphatic heterocycles. The van der Waals surface area contributed by atoms with Gasteiger partial charge >= 0.3 is 6.03 Å². The molecule has 1 aromatic carbocycles. The van der Waals surface area contributed by atoms with Crippen LogP contribution < -0.4 is 20.1 Å². The van der Waals surface area contributed by atoms with E-state index in [9.17, 15) is 14.0 Å². The van der Waals surface area contributed by atoms with Gasteiger partial charge in [0.05, 0.1) is 26.0 Å². The fourth-order valence-corrected chi connectivity index (χ4v) is 2.98. The molecular weight excluding hydrogens is 381 g/mol. The number of likely N-dealkylation sites (tertiary alicyclic amines) is 1. The number of methoxy groups -OCH3 is 1. The second-order valence-corrected chi connectivity index (χ2v) is 6.55. The Balaban J connectivity index is 1.62. The lowest BCUT2D eigenvalue weighted by Crippen LogP contribution is -2.43. The van der Waals surface area contributed by atoms with Crippen LogP contribution in [0.4, 0.5) is 20.7 Å². The SMILES string of the molecule is COc1cnc(NC(=O)Nc2cc(F)cc(OC3CCCN(C(C)=O)C3)c2)cn1. The van der Waals surface area contributed by atoms with Crippen molar-refractivity contribution < 1.29 is 23.5 Å². The summed E-state index contributed by atoms with van der Waals surface area (Å²) < 4.78 is 24.7. The van der Waals surface area contributed by atoms with E-state index in [2.05, 4.69) is 20.6 Å². The van der Waals surface area contributed by atoms with Crippen LogP contribution in [0.15, 0.2) is 30.6 Å². The fourth-order valence-electron chi connectivity index (χ4n) is 2.98. The number of carbonyl (C=O) groups is 2. The number of halogens is 1. The minimum absolute atomic E-state index is 0.0156. The van der Waals surface area contributed by atoms with Crippen LogP contribution in [0.2, 0.25) is 0 Å². The molecule has 0 aliphatic carbocycles. The maximum atomic E-state index is 14.0. The largest absolute Gasteiger partial charge is 0.488 e. The third-order valence-corrected chi connectivity index (χ3v) is 4.33. The molecule has 2 N–H and O–H groups in total. The second kappa shape index (κ2) is 9.18.